The molecule has 1 aromatic heterocycles. The standard InChI is InChI=1S/C22H30N2/c1-3-5-17-7-11-19(12-8-17)21-15-16-22(24-23-21)20-13-9-18(6-4-2)10-14-20/h7-8,11-12,15-16,18,20H,3-6,9-10,13-14H2,1-2H3. The molecule has 24 heavy (non-hydrogen) atoms. The molecule has 0 N–H and O–H groups in total. The zero-order valence-corrected chi connectivity index (χ0v) is 15.2. The van der Waals surface area contributed by atoms with Gasteiger partial charge < -0.3 is 0 Å². The number of hydrogen-bond donors (Lipinski definition) is 0. The van der Waals surface area contributed by atoms with Gasteiger partial charge in [-0.15, -0.1) is 0 Å². The molecule has 128 valence electrons. The number of aryl methyl sites for hydroxylation is 1. The van der Waals surface area contributed by atoms with Crippen molar-refractivity contribution < 1.29 is 0 Å². The van der Waals surface area contributed by atoms with Gasteiger partial charge in [0, 0.05) is 11.5 Å². The molecule has 0 saturated heterocycles. The van der Waals surface area contributed by atoms with Crippen LogP contribution in [0.4, 0.5) is 0 Å². The van der Waals surface area contributed by atoms with Gasteiger partial charge in [0.15, 0.2) is 0 Å². The van der Waals surface area contributed by atoms with E-state index in [9.17, 15) is 0 Å². The lowest BCUT2D eigenvalue weighted by Crippen LogP contribution is -2.14. The van der Waals surface area contributed by atoms with Crippen molar-refractivity contribution in [3.05, 3.63) is 47.7 Å². The third-order valence-corrected chi connectivity index (χ3v) is 5.44. The molecule has 1 aromatic carbocycles. The normalized spacial score (nSPS) is 20.9. The van der Waals surface area contributed by atoms with Crippen LogP contribution in [0, 0.1) is 5.92 Å². The third-order valence-electron chi connectivity index (χ3n) is 5.44. The summed E-state index contributed by atoms with van der Waals surface area (Å²) in [6, 6.07) is 13.1. The second-order valence-electron chi connectivity index (χ2n) is 7.30. The molecule has 1 aliphatic carbocycles. The second-order valence-corrected chi connectivity index (χ2v) is 7.30. The zero-order chi connectivity index (χ0) is 16.8. The van der Waals surface area contributed by atoms with Gasteiger partial charge in [-0.1, -0.05) is 57.4 Å². The van der Waals surface area contributed by atoms with E-state index in [4.69, 9.17) is 0 Å². The van der Waals surface area contributed by atoms with Crippen LogP contribution >= 0.6 is 0 Å². The summed E-state index contributed by atoms with van der Waals surface area (Å²) in [5.74, 6) is 1.56. The minimum absolute atomic E-state index is 0.617. The number of nitrogens with zero attached hydrogens (tertiary/aromatic N) is 2. The average Bonchev–Trinajstić information content (AvgIpc) is 2.64. The summed E-state index contributed by atoms with van der Waals surface area (Å²) in [6.45, 7) is 4.51. The van der Waals surface area contributed by atoms with Crippen LogP contribution in [-0.4, -0.2) is 10.2 Å². The summed E-state index contributed by atoms with van der Waals surface area (Å²) in [5.41, 5.74) is 4.74. The number of benzene rings is 1. The first-order valence-corrected chi connectivity index (χ1v) is 9.73. The van der Waals surface area contributed by atoms with E-state index in [1.165, 1.54) is 61.8 Å². The lowest BCUT2D eigenvalue weighted by Gasteiger charge is -2.27. The van der Waals surface area contributed by atoms with Crippen LogP contribution in [0.15, 0.2) is 36.4 Å². The maximum Gasteiger partial charge on any atom is 0.0929 e. The molecule has 2 nitrogen and oxygen atoms in total. The summed E-state index contributed by atoms with van der Waals surface area (Å²) < 4.78 is 0. The van der Waals surface area contributed by atoms with Gasteiger partial charge in [0.2, 0.25) is 0 Å². The van der Waals surface area contributed by atoms with Gasteiger partial charge in [-0.25, -0.2) is 0 Å². The molecular weight excluding hydrogens is 292 g/mol. The molecule has 0 bridgehead atoms. The minimum atomic E-state index is 0.617. The first kappa shape index (κ1) is 17.1. The Kier molecular flexibility index (Phi) is 6.01. The fraction of sp³-hybridized carbons (Fsp3) is 0.545. The molecule has 0 amide bonds. The average molecular weight is 322 g/mol. The van der Waals surface area contributed by atoms with E-state index in [0.29, 0.717) is 5.92 Å². The predicted octanol–water partition coefficient (Wildman–Crippen LogP) is 6.17. The van der Waals surface area contributed by atoms with E-state index < -0.39 is 0 Å². The van der Waals surface area contributed by atoms with Crippen molar-refractivity contribution in [1.82, 2.24) is 10.2 Å². The van der Waals surface area contributed by atoms with Crippen LogP contribution in [-0.2, 0) is 6.42 Å². The first-order valence-electron chi connectivity index (χ1n) is 9.73. The molecule has 0 spiro atoms. The Morgan fingerprint density at radius 1 is 0.833 bits per heavy atom. The summed E-state index contributed by atoms with van der Waals surface area (Å²) >= 11 is 0. The molecule has 0 unspecified atom stereocenters. The summed E-state index contributed by atoms with van der Waals surface area (Å²) in [6.07, 6.45) is 10.3. The van der Waals surface area contributed by atoms with Gasteiger partial charge in [-0.3, -0.25) is 0 Å². The highest BCUT2D eigenvalue weighted by Crippen LogP contribution is 2.36. The van der Waals surface area contributed by atoms with Crippen molar-refractivity contribution >= 4 is 0 Å². The molecule has 3 rings (SSSR count). The maximum absolute atomic E-state index is 4.56. The van der Waals surface area contributed by atoms with Crippen LogP contribution in [0.1, 0.15) is 76.0 Å². The summed E-state index contributed by atoms with van der Waals surface area (Å²) in [7, 11) is 0. The third kappa shape index (κ3) is 4.23. The van der Waals surface area contributed by atoms with Crippen LogP contribution in [0.3, 0.4) is 0 Å². The number of rotatable bonds is 6. The zero-order valence-electron chi connectivity index (χ0n) is 15.2. The predicted molar refractivity (Wildman–Crippen MR) is 101 cm³/mol. The van der Waals surface area contributed by atoms with Crippen molar-refractivity contribution in [2.75, 3.05) is 0 Å². The largest absolute Gasteiger partial charge is 0.155 e. The SMILES string of the molecule is CCCc1ccc(-c2ccc(C3CCC(CCC)CC3)nn2)cc1. The minimum Gasteiger partial charge on any atom is -0.155 e. The van der Waals surface area contributed by atoms with Crippen molar-refractivity contribution in [3.63, 3.8) is 0 Å². The van der Waals surface area contributed by atoms with E-state index in [-0.39, 0.29) is 0 Å². The Bertz CT molecular complexity index is 607. The summed E-state index contributed by atoms with van der Waals surface area (Å²) in [4.78, 5) is 0. The maximum atomic E-state index is 4.56. The fourth-order valence-corrected chi connectivity index (χ4v) is 4.00. The molecule has 0 radical (unpaired) electrons. The van der Waals surface area contributed by atoms with E-state index in [1.807, 2.05) is 0 Å². The highest BCUT2D eigenvalue weighted by atomic mass is 15.1. The first-order chi connectivity index (χ1) is 11.8. The van der Waals surface area contributed by atoms with Crippen LogP contribution in [0.25, 0.3) is 11.3 Å². The van der Waals surface area contributed by atoms with Gasteiger partial charge >= 0.3 is 0 Å². The molecule has 1 saturated carbocycles. The highest BCUT2D eigenvalue weighted by Gasteiger charge is 2.23. The molecule has 1 fully saturated rings. The Balaban J connectivity index is 1.63. The Hall–Kier alpha value is -1.70. The van der Waals surface area contributed by atoms with E-state index in [0.717, 1.165) is 18.0 Å². The monoisotopic (exact) mass is 322 g/mol. The van der Waals surface area contributed by atoms with Gasteiger partial charge in [-0.05, 0) is 55.7 Å². The summed E-state index contributed by atoms with van der Waals surface area (Å²) in [5, 5.41) is 9.06. The van der Waals surface area contributed by atoms with Gasteiger partial charge in [0.05, 0.1) is 11.4 Å². The molecule has 1 aliphatic rings. The topological polar surface area (TPSA) is 25.8 Å². The molecule has 2 aromatic rings. The molecule has 2 heteroatoms. The Morgan fingerprint density at radius 3 is 2.17 bits per heavy atom. The Labute approximate surface area is 146 Å². The van der Waals surface area contributed by atoms with Gasteiger partial charge in [0.1, 0.15) is 0 Å². The van der Waals surface area contributed by atoms with Crippen molar-refractivity contribution in [2.24, 2.45) is 5.92 Å². The lowest BCUT2D eigenvalue weighted by atomic mass is 9.79. The van der Waals surface area contributed by atoms with Crippen molar-refractivity contribution in [2.45, 2.75) is 71.1 Å². The van der Waals surface area contributed by atoms with Crippen molar-refractivity contribution in [1.29, 1.82) is 0 Å². The fourth-order valence-electron chi connectivity index (χ4n) is 4.00. The Morgan fingerprint density at radius 2 is 1.58 bits per heavy atom. The number of hydrogen-bond acceptors (Lipinski definition) is 2. The molecule has 0 aliphatic heterocycles. The number of aromatic nitrogens is 2. The van der Waals surface area contributed by atoms with Crippen LogP contribution < -0.4 is 0 Å². The second kappa shape index (κ2) is 8.41. The highest BCUT2D eigenvalue weighted by molar-refractivity contribution is 5.58. The quantitative estimate of drug-likeness (QED) is 0.635. The molecule has 0 atom stereocenters. The smallest absolute Gasteiger partial charge is 0.0929 e. The lowest BCUT2D eigenvalue weighted by molar-refractivity contribution is 0.304. The van der Waals surface area contributed by atoms with Crippen LogP contribution in [0.5, 0.6) is 0 Å². The van der Waals surface area contributed by atoms with E-state index >= 15 is 0 Å². The van der Waals surface area contributed by atoms with Gasteiger partial charge in [0.25, 0.3) is 0 Å². The molecule has 1 heterocycles. The van der Waals surface area contributed by atoms with E-state index in [2.05, 4.69) is 60.4 Å². The van der Waals surface area contributed by atoms with E-state index in [1.54, 1.807) is 0 Å². The van der Waals surface area contributed by atoms with Gasteiger partial charge in [-0.2, -0.15) is 10.2 Å². The molecular formula is C22H30N2. The van der Waals surface area contributed by atoms with Crippen LogP contribution in [0.2, 0.25) is 0 Å². The van der Waals surface area contributed by atoms with Crippen molar-refractivity contribution in [3.8, 4) is 11.3 Å².